The van der Waals surface area contributed by atoms with E-state index >= 15 is 0 Å². The van der Waals surface area contributed by atoms with Gasteiger partial charge in [0.05, 0.1) is 19.1 Å². The molecule has 2 aromatic heterocycles. The Bertz CT molecular complexity index is 704. The van der Waals surface area contributed by atoms with E-state index in [1.54, 1.807) is 19.4 Å². The molecule has 4 rings (SSSR count). The van der Waals surface area contributed by atoms with Crippen LogP contribution >= 0.6 is 0 Å². The fourth-order valence-corrected chi connectivity index (χ4v) is 4.08. The summed E-state index contributed by atoms with van der Waals surface area (Å²) in [7, 11) is 1.64. The Morgan fingerprint density at radius 2 is 1.92 bits per heavy atom. The van der Waals surface area contributed by atoms with Crippen LogP contribution < -0.4 is 9.64 Å². The van der Waals surface area contributed by atoms with Gasteiger partial charge in [-0.1, -0.05) is 19.3 Å². The lowest BCUT2D eigenvalue weighted by molar-refractivity contribution is 0.236. The van der Waals surface area contributed by atoms with Crippen LogP contribution in [0.3, 0.4) is 0 Å². The normalized spacial score (nSPS) is 19.7. The Morgan fingerprint density at radius 1 is 1.12 bits per heavy atom. The molecule has 0 bridgehead atoms. The van der Waals surface area contributed by atoms with Gasteiger partial charge in [-0.25, -0.2) is 9.97 Å². The van der Waals surface area contributed by atoms with Crippen molar-refractivity contribution in [2.75, 3.05) is 38.2 Å². The van der Waals surface area contributed by atoms with Crippen molar-refractivity contribution in [3.05, 3.63) is 30.5 Å². The molecule has 0 radical (unpaired) electrons. The molecule has 0 atom stereocenters. The summed E-state index contributed by atoms with van der Waals surface area (Å²) in [4.78, 5) is 18.0. The number of hydrogen-bond acceptors (Lipinski definition) is 6. The van der Waals surface area contributed by atoms with Crippen molar-refractivity contribution in [2.24, 2.45) is 0 Å². The molecule has 0 spiro atoms. The van der Waals surface area contributed by atoms with Crippen molar-refractivity contribution in [3.63, 3.8) is 0 Å². The number of piperazine rings is 1. The molecule has 0 amide bonds. The average Bonchev–Trinajstić information content (AvgIpc) is 3.17. The van der Waals surface area contributed by atoms with Gasteiger partial charge in [-0.3, -0.25) is 4.90 Å². The molecule has 2 fully saturated rings. The van der Waals surface area contributed by atoms with Gasteiger partial charge in [-0.15, -0.1) is 0 Å². The van der Waals surface area contributed by atoms with Crippen LogP contribution in [-0.4, -0.2) is 57.7 Å². The van der Waals surface area contributed by atoms with Gasteiger partial charge in [0.2, 0.25) is 11.8 Å². The lowest BCUT2D eigenvalue weighted by Gasteiger charge is -2.35. The minimum atomic E-state index is 0.619. The zero-order chi connectivity index (χ0) is 17.8. The molecule has 2 aliphatic rings. The number of ether oxygens (including phenoxy) is 1. The zero-order valence-corrected chi connectivity index (χ0v) is 15.5. The molecular formula is C19H28N6O. The highest BCUT2D eigenvalue weighted by molar-refractivity contribution is 5.32. The van der Waals surface area contributed by atoms with Crippen LogP contribution in [0, 0.1) is 0 Å². The Hall–Kier alpha value is -2.15. The van der Waals surface area contributed by atoms with Crippen molar-refractivity contribution in [3.8, 4) is 5.88 Å². The molecule has 1 aliphatic heterocycles. The van der Waals surface area contributed by atoms with E-state index in [1.807, 2.05) is 12.5 Å². The first-order valence-electron chi connectivity index (χ1n) is 9.68. The number of anilines is 1. The van der Waals surface area contributed by atoms with Gasteiger partial charge < -0.3 is 14.2 Å². The summed E-state index contributed by atoms with van der Waals surface area (Å²) in [5.41, 5.74) is 1.35. The zero-order valence-electron chi connectivity index (χ0n) is 15.5. The van der Waals surface area contributed by atoms with Gasteiger partial charge >= 0.3 is 0 Å². The summed E-state index contributed by atoms with van der Waals surface area (Å²) in [5, 5.41) is 0. The molecule has 1 saturated heterocycles. The molecule has 0 aromatic carbocycles. The van der Waals surface area contributed by atoms with Gasteiger partial charge in [0.1, 0.15) is 0 Å². The molecule has 0 N–H and O–H groups in total. The van der Waals surface area contributed by atoms with Crippen molar-refractivity contribution in [2.45, 2.75) is 44.7 Å². The summed E-state index contributed by atoms with van der Waals surface area (Å²) in [5.74, 6) is 1.38. The highest BCUT2D eigenvalue weighted by Crippen LogP contribution is 2.29. The lowest BCUT2D eigenvalue weighted by Crippen LogP contribution is -2.46. The fraction of sp³-hybridized carbons (Fsp3) is 0.632. The van der Waals surface area contributed by atoms with E-state index in [9.17, 15) is 0 Å². The quantitative estimate of drug-likeness (QED) is 0.820. The number of hydrogen-bond donors (Lipinski definition) is 0. The molecule has 1 aliphatic carbocycles. The Labute approximate surface area is 155 Å². The summed E-state index contributed by atoms with van der Waals surface area (Å²) in [6.07, 6.45) is 12.5. The topological polar surface area (TPSA) is 59.3 Å². The van der Waals surface area contributed by atoms with Crippen molar-refractivity contribution in [1.82, 2.24) is 24.4 Å². The highest BCUT2D eigenvalue weighted by Gasteiger charge is 2.22. The van der Waals surface area contributed by atoms with Gasteiger partial charge in [0, 0.05) is 57.2 Å². The minimum Gasteiger partial charge on any atom is -0.481 e. The second kappa shape index (κ2) is 8.03. The lowest BCUT2D eigenvalue weighted by atomic mass is 9.95. The number of methoxy groups -OCH3 is 1. The van der Waals surface area contributed by atoms with Gasteiger partial charge in [0.25, 0.3) is 0 Å². The Balaban J connectivity index is 1.35. The fourth-order valence-electron chi connectivity index (χ4n) is 4.08. The standard InChI is InChI=1S/C19H28N6O/c1-26-18-7-8-21-19(22-18)24-11-9-23(10-12-24)14-17-13-20-15-25(17)16-5-3-2-4-6-16/h7-8,13,15-16H,2-6,9-12,14H2,1H3. The van der Waals surface area contributed by atoms with Gasteiger partial charge in [-0.2, -0.15) is 4.98 Å². The summed E-state index contributed by atoms with van der Waals surface area (Å²) in [6, 6.07) is 2.43. The minimum absolute atomic E-state index is 0.619. The van der Waals surface area contributed by atoms with Crippen molar-refractivity contribution in [1.29, 1.82) is 0 Å². The maximum absolute atomic E-state index is 5.21. The SMILES string of the molecule is COc1ccnc(N2CCN(Cc3cncn3C3CCCCC3)CC2)n1. The molecule has 7 heteroatoms. The number of nitrogens with zero attached hydrogens (tertiary/aromatic N) is 6. The molecule has 140 valence electrons. The van der Waals surface area contributed by atoms with E-state index < -0.39 is 0 Å². The molecular weight excluding hydrogens is 328 g/mol. The van der Waals surface area contributed by atoms with E-state index in [4.69, 9.17) is 4.74 Å². The summed E-state index contributed by atoms with van der Waals surface area (Å²) in [6.45, 7) is 4.87. The van der Waals surface area contributed by atoms with Gasteiger partial charge in [-0.05, 0) is 12.8 Å². The molecule has 7 nitrogen and oxygen atoms in total. The van der Waals surface area contributed by atoms with E-state index in [-0.39, 0.29) is 0 Å². The van der Waals surface area contributed by atoms with Crippen molar-refractivity contribution >= 4 is 5.95 Å². The van der Waals surface area contributed by atoms with Crippen LogP contribution in [0.25, 0.3) is 0 Å². The highest BCUT2D eigenvalue weighted by atomic mass is 16.5. The van der Waals surface area contributed by atoms with Crippen LogP contribution in [-0.2, 0) is 6.54 Å². The summed E-state index contributed by atoms with van der Waals surface area (Å²) < 4.78 is 7.64. The van der Waals surface area contributed by atoms with Crippen molar-refractivity contribution < 1.29 is 4.74 Å². The smallest absolute Gasteiger partial charge is 0.228 e. The number of imidazole rings is 1. The van der Waals surface area contributed by atoms with E-state index in [1.165, 1.54) is 37.8 Å². The molecule has 26 heavy (non-hydrogen) atoms. The third kappa shape index (κ3) is 3.82. The number of rotatable bonds is 5. The maximum atomic E-state index is 5.21. The summed E-state index contributed by atoms with van der Waals surface area (Å²) >= 11 is 0. The third-order valence-electron chi connectivity index (χ3n) is 5.58. The van der Waals surface area contributed by atoms with Crippen LogP contribution in [0.15, 0.2) is 24.8 Å². The van der Waals surface area contributed by atoms with Crippen LogP contribution in [0.2, 0.25) is 0 Å². The van der Waals surface area contributed by atoms with E-state index in [0.717, 1.165) is 38.7 Å². The first kappa shape index (κ1) is 17.3. The van der Waals surface area contributed by atoms with Crippen LogP contribution in [0.4, 0.5) is 5.95 Å². The Morgan fingerprint density at radius 3 is 2.69 bits per heavy atom. The van der Waals surface area contributed by atoms with E-state index in [0.29, 0.717) is 11.9 Å². The molecule has 1 saturated carbocycles. The van der Waals surface area contributed by atoms with Crippen LogP contribution in [0.1, 0.15) is 43.8 Å². The predicted octanol–water partition coefficient (Wildman–Crippen LogP) is 2.51. The molecule has 2 aromatic rings. The third-order valence-corrected chi connectivity index (χ3v) is 5.58. The first-order valence-corrected chi connectivity index (χ1v) is 9.68. The molecule has 0 unspecified atom stereocenters. The largest absolute Gasteiger partial charge is 0.481 e. The second-order valence-corrected chi connectivity index (χ2v) is 7.25. The monoisotopic (exact) mass is 356 g/mol. The van der Waals surface area contributed by atoms with Gasteiger partial charge in [0.15, 0.2) is 0 Å². The van der Waals surface area contributed by atoms with Crippen LogP contribution in [0.5, 0.6) is 5.88 Å². The second-order valence-electron chi connectivity index (χ2n) is 7.25. The first-order chi connectivity index (χ1) is 12.8. The predicted molar refractivity (Wildman–Crippen MR) is 100 cm³/mol. The maximum Gasteiger partial charge on any atom is 0.228 e. The average molecular weight is 356 g/mol. The molecule has 3 heterocycles. The Kier molecular flexibility index (Phi) is 5.34. The number of aromatic nitrogens is 4. The van der Waals surface area contributed by atoms with E-state index in [2.05, 4.69) is 29.3 Å².